The first-order valence-corrected chi connectivity index (χ1v) is 8.65. The molecule has 0 aliphatic carbocycles. The van der Waals surface area contributed by atoms with E-state index in [2.05, 4.69) is 29.5 Å². The van der Waals surface area contributed by atoms with Gasteiger partial charge in [0.2, 0.25) is 0 Å². The van der Waals surface area contributed by atoms with Crippen molar-refractivity contribution in [3.05, 3.63) is 47.7 Å². The van der Waals surface area contributed by atoms with Crippen molar-refractivity contribution in [1.82, 2.24) is 10.3 Å². The molecule has 3 rings (SSSR count). The van der Waals surface area contributed by atoms with Crippen LogP contribution in [-0.2, 0) is 0 Å². The molecule has 5 nitrogen and oxygen atoms in total. The summed E-state index contributed by atoms with van der Waals surface area (Å²) in [5.41, 5.74) is 1.82. The van der Waals surface area contributed by atoms with E-state index in [1.807, 2.05) is 37.3 Å². The molecule has 0 amide bonds. The summed E-state index contributed by atoms with van der Waals surface area (Å²) in [6.45, 7) is 6.14. The average Bonchev–Trinajstić information content (AvgIpc) is 2.55. The van der Waals surface area contributed by atoms with E-state index in [4.69, 9.17) is 21.7 Å². The van der Waals surface area contributed by atoms with Gasteiger partial charge in [-0.25, -0.2) is 4.98 Å². The molecule has 132 valence electrons. The SMILES string of the molecule is COc1ccc2c(c1)OC(C)(C)C[C@@H]2NC(=S)Nc1ncccc1C. The minimum atomic E-state index is -0.298. The van der Waals surface area contributed by atoms with Gasteiger partial charge in [0.05, 0.1) is 13.2 Å². The van der Waals surface area contributed by atoms with E-state index < -0.39 is 0 Å². The van der Waals surface area contributed by atoms with Gasteiger partial charge in [-0.1, -0.05) is 6.07 Å². The number of aromatic nitrogens is 1. The second kappa shape index (κ2) is 6.88. The molecule has 0 saturated heterocycles. The Hall–Kier alpha value is -2.34. The summed E-state index contributed by atoms with van der Waals surface area (Å²) in [7, 11) is 1.65. The van der Waals surface area contributed by atoms with Crippen LogP contribution in [0.25, 0.3) is 0 Å². The van der Waals surface area contributed by atoms with Gasteiger partial charge >= 0.3 is 0 Å². The molecular weight excluding hydrogens is 334 g/mol. The van der Waals surface area contributed by atoms with Crippen LogP contribution < -0.4 is 20.1 Å². The molecule has 0 radical (unpaired) electrons. The summed E-state index contributed by atoms with van der Waals surface area (Å²) >= 11 is 5.50. The Kier molecular flexibility index (Phi) is 4.81. The van der Waals surface area contributed by atoms with Crippen LogP contribution in [0.1, 0.15) is 37.4 Å². The lowest BCUT2D eigenvalue weighted by molar-refractivity contribution is 0.0693. The van der Waals surface area contributed by atoms with Crippen LogP contribution >= 0.6 is 12.2 Å². The van der Waals surface area contributed by atoms with E-state index in [9.17, 15) is 0 Å². The second-order valence-corrected chi connectivity index (χ2v) is 7.20. The monoisotopic (exact) mass is 357 g/mol. The lowest BCUT2D eigenvalue weighted by Gasteiger charge is -2.38. The predicted octanol–water partition coefficient (Wildman–Crippen LogP) is 3.99. The van der Waals surface area contributed by atoms with Crippen LogP contribution in [0.5, 0.6) is 11.5 Å². The maximum atomic E-state index is 6.11. The molecular formula is C19H23N3O2S. The van der Waals surface area contributed by atoms with E-state index in [0.29, 0.717) is 5.11 Å². The summed E-state index contributed by atoms with van der Waals surface area (Å²) in [5, 5.41) is 7.13. The normalized spacial score (nSPS) is 17.8. The fourth-order valence-corrected chi connectivity index (χ4v) is 3.24. The van der Waals surface area contributed by atoms with Crippen molar-refractivity contribution in [2.45, 2.75) is 38.8 Å². The quantitative estimate of drug-likeness (QED) is 0.810. The van der Waals surface area contributed by atoms with E-state index in [1.165, 1.54) is 0 Å². The maximum Gasteiger partial charge on any atom is 0.172 e. The van der Waals surface area contributed by atoms with Crippen molar-refractivity contribution in [1.29, 1.82) is 0 Å². The number of aryl methyl sites for hydroxylation is 1. The minimum Gasteiger partial charge on any atom is -0.497 e. The number of methoxy groups -OCH3 is 1. The van der Waals surface area contributed by atoms with Gasteiger partial charge in [0.15, 0.2) is 5.11 Å². The molecule has 0 unspecified atom stereocenters. The molecule has 6 heteroatoms. The zero-order chi connectivity index (χ0) is 18.0. The summed E-state index contributed by atoms with van der Waals surface area (Å²) in [5.74, 6) is 2.37. The smallest absolute Gasteiger partial charge is 0.172 e. The van der Waals surface area contributed by atoms with Crippen molar-refractivity contribution >= 4 is 23.1 Å². The molecule has 25 heavy (non-hydrogen) atoms. The Bertz CT molecular complexity index is 792. The van der Waals surface area contributed by atoms with Gasteiger partial charge in [-0.05, 0) is 56.8 Å². The highest BCUT2D eigenvalue weighted by Crippen LogP contribution is 2.41. The van der Waals surface area contributed by atoms with Gasteiger partial charge < -0.3 is 20.1 Å². The fourth-order valence-electron chi connectivity index (χ4n) is 3.01. The van der Waals surface area contributed by atoms with Gasteiger partial charge in [0, 0.05) is 24.2 Å². The number of fused-ring (bicyclic) bond motifs is 1. The third-order valence-corrected chi connectivity index (χ3v) is 4.44. The number of thiocarbonyl (C=S) groups is 1. The lowest BCUT2D eigenvalue weighted by Crippen LogP contribution is -2.42. The number of ether oxygens (including phenoxy) is 2. The number of pyridine rings is 1. The van der Waals surface area contributed by atoms with E-state index >= 15 is 0 Å². The van der Waals surface area contributed by atoms with Crippen LogP contribution in [-0.4, -0.2) is 22.8 Å². The van der Waals surface area contributed by atoms with Gasteiger partial charge in [0.1, 0.15) is 22.9 Å². The second-order valence-electron chi connectivity index (χ2n) is 6.79. The number of nitrogens with zero attached hydrogens (tertiary/aromatic N) is 1. The highest BCUT2D eigenvalue weighted by atomic mass is 32.1. The fraction of sp³-hybridized carbons (Fsp3) is 0.368. The van der Waals surface area contributed by atoms with Crippen molar-refractivity contribution in [2.24, 2.45) is 0 Å². The van der Waals surface area contributed by atoms with E-state index in [0.717, 1.165) is 34.9 Å². The lowest BCUT2D eigenvalue weighted by atomic mass is 9.89. The zero-order valence-electron chi connectivity index (χ0n) is 14.9. The molecule has 1 aliphatic heterocycles. The third-order valence-electron chi connectivity index (χ3n) is 4.22. The zero-order valence-corrected chi connectivity index (χ0v) is 15.7. The van der Waals surface area contributed by atoms with Crippen LogP contribution in [0.4, 0.5) is 5.82 Å². The summed E-state index contributed by atoms with van der Waals surface area (Å²) in [6.07, 6.45) is 2.55. The molecule has 2 heterocycles. The van der Waals surface area contributed by atoms with Gasteiger partial charge in [-0.15, -0.1) is 0 Å². The molecule has 1 aromatic heterocycles. The van der Waals surface area contributed by atoms with Crippen molar-refractivity contribution in [3.63, 3.8) is 0 Å². The highest BCUT2D eigenvalue weighted by molar-refractivity contribution is 7.80. The summed E-state index contributed by atoms with van der Waals surface area (Å²) in [6, 6.07) is 9.83. The number of anilines is 1. The summed E-state index contributed by atoms with van der Waals surface area (Å²) < 4.78 is 11.4. The first-order chi connectivity index (χ1) is 11.9. The molecule has 1 aromatic carbocycles. The third kappa shape index (κ3) is 4.02. The highest BCUT2D eigenvalue weighted by Gasteiger charge is 2.34. The molecule has 0 spiro atoms. The van der Waals surface area contributed by atoms with Crippen LogP contribution in [0.3, 0.4) is 0 Å². The largest absolute Gasteiger partial charge is 0.497 e. The molecule has 0 saturated carbocycles. The van der Waals surface area contributed by atoms with Crippen molar-refractivity contribution in [2.75, 3.05) is 12.4 Å². The maximum absolute atomic E-state index is 6.11. The number of hydrogen-bond donors (Lipinski definition) is 2. The van der Waals surface area contributed by atoms with E-state index in [1.54, 1.807) is 13.3 Å². The first-order valence-electron chi connectivity index (χ1n) is 8.24. The van der Waals surface area contributed by atoms with Crippen LogP contribution in [0.2, 0.25) is 0 Å². The molecule has 2 N–H and O–H groups in total. The van der Waals surface area contributed by atoms with Crippen molar-refractivity contribution in [3.8, 4) is 11.5 Å². The number of benzene rings is 1. The van der Waals surface area contributed by atoms with Gasteiger partial charge in [-0.3, -0.25) is 0 Å². The van der Waals surface area contributed by atoms with Crippen molar-refractivity contribution < 1.29 is 9.47 Å². The Morgan fingerprint density at radius 2 is 2.16 bits per heavy atom. The number of nitrogens with one attached hydrogen (secondary N) is 2. The molecule has 1 aliphatic rings. The number of rotatable bonds is 3. The Balaban J connectivity index is 1.80. The Morgan fingerprint density at radius 3 is 2.88 bits per heavy atom. The van der Waals surface area contributed by atoms with Crippen LogP contribution in [0.15, 0.2) is 36.5 Å². The molecule has 2 aromatic rings. The standard InChI is InChI=1S/C19H23N3O2S/c1-12-6-5-9-20-17(12)22-18(25)21-15-11-19(2,3)24-16-10-13(23-4)7-8-14(15)16/h5-10,15H,11H2,1-4H3,(H2,20,21,22,25)/t15-/m0/s1. The summed E-state index contributed by atoms with van der Waals surface area (Å²) in [4.78, 5) is 4.33. The topological polar surface area (TPSA) is 55.4 Å². The van der Waals surface area contributed by atoms with E-state index in [-0.39, 0.29) is 11.6 Å². The first kappa shape index (κ1) is 17.5. The minimum absolute atomic E-state index is 0.0497. The molecule has 0 fully saturated rings. The molecule has 0 bridgehead atoms. The van der Waals surface area contributed by atoms with Gasteiger partial charge in [0.25, 0.3) is 0 Å². The van der Waals surface area contributed by atoms with Gasteiger partial charge in [-0.2, -0.15) is 0 Å². The predicted molar refractivity (Wildman–Crippen MR) is 103 cm³/mol. The molecule has 1 atom stereocenters. The van der Waals surface area contributed by atoms with Crippen LogP contribution in [0, 0.1) is 6.92 Å². The number of hydrogen-bond acceptors (Lipinski definition) is 4. The Morgan fingerprint density at radius 1 is 1.36 bits per heavy atom. The average molecular weight is 357 g/mol. The Labute approximate surface area is 153 Å².